The van der Waals surface area contributed by atoms with E-state index in [2.05, 4.69) is 41.9 Å². The van der Waals surface area contributed by atoms with Gasteiger partial charge in [-0.3, -0.25) is 0 Å². The van der Waals surface area contributed by atoms with E-state index in [1.807, 2.05) is 30.1 Å². The number of hydrogen-bond acceptors (Lipinski definition) is 3. The van der Waals surface area contributed by atoms with Crippen LogP contribution in [-0.2, 0) is 0 Å². The molecule has 0 radical (unpaired) electrons. The van der Waals surface area contributed by atoms with Crippen LogP contribution < -0.4 is 5.32 Å². The lowest BCUT2D eigenvalue weighted by atomic mass is 10.1. The van der Waals surface area contributed by atoms with Crippen molar-refractivity contribution in [2.45, 2.75) is 13.0 Å². The molecule has 1 atom stereocenters. The van der Waals surface area contributed by atoms with E-state index in [4.69, 9.17) is 0 Å². The van der Waals surface area contributed by atoms with E-state index in [1.165, 1.54) is 21.4 Å². The van der Waals surface area contributed by atoms with Crippen LogP contribution in [0.1, 0.15) is 18.5 Å². The summed E-state index contributed by atoms with van der Waals surface area (Å²) < 4.78 is 1.43. The maximum absolute atomic E-state index is 3.42. The van der Waals surface area contributed by atoms with Crippen LogP contribution in [0.5, 0.6) is 0 Å². The number of hydrogen-bond donors (Lipinski definition) is 1. The molecule has 2 rings (SSSR count). The molecule has 0 bridgehead atoms. The molecule has 86 valence electrons. The second-order valence-corrected chi connectivity index (χ2v) is 5.92. The average Bonchev–Trinajstić information content (AvgIpc) is 2.78. The lowest BCUT2D eigenvalue weighted by Gasteiger charge is -2.16. The van der Waals surface area contributed by atoms with E-state index >= 15 is 0 Å². The van der Waals surface area contributed by atoms with Gasteiger partial charge in [-0.05, 0) is 35.2 Å². The minimum atomic E-state index is 0.465. The summed E-state index contributed by atoms with van der Waals surface area (Å²) in [6, 6.07) is 9.26. The number of benzene rings is 1. The Balaban J connectivity index is 2.32. The fraction of sp³-hybridized carbons (Fsp3) is 0.385. The van der Waals surface area contributed by atoms with Crippen molar-refractivity contribution >= 4 is 33.2 Å². The van der Waals surface area contributed by atoms with Crippen molar-refractivity contribution in [2.75, 3.05) is 18.6 Å². The van der Waals surface area contributed by atoms with Gasteiger partial charge in [-0.15, -0.1) is 11.3 Å². The third kappa shape index (κ3) is 2.42. The Morgan fingerprint density at radius 3 is 3.00 bits per heavy atom. The van der Waals surface area contributed by atoms with Crippen LogP contribution in [0.15, 0.2) is 29.6 Å². The van der Waals surface area contributed by atoms with Gasteiger partial charge in [0.05, 0.1) is 0 Å². The van der Waals surface area contributed by atoms with Gasteiger partial charge in [0.2, 0.25) is 0 Å². The van der Waals surface area contributed by atoms with E-state index in [1.54, 1.807) is 0 Å². The third-order valence-corrected chi connectivity index (χ3v) is 4.68. The number of thiophene rings is 1. The van der Waals surface area contributed by atoms with Crippen molar-refractivity contribution in [3.63, 3.8) is 0 Å². The summed E-state index contributed by atoms with van der Waals surface area (Å²) in [6.07, 6.45) is 0. The Labute approximate surface area is 105 Å². The zero-order valence-electron chi connectivity index (χ0n) is 9.69. The molecule has 1 aromatic heterocycles. The van der Waals surface area contributed by atoms with E-state index in [0.29, 0.717) is 6.04 Å². The second-order valence-electron chi connectivity index (χ2n) is 3.69. The van der Waals surface area contributed by atoms with Crippen molar-refractivity contribution in [3.8, 4) is 0 Å². The van der Waals surface area contributed by atoms with E-state index in [9.17, 15) is 0 Å². The zero-order chi connectivity index (χ0) is 11.4. The fourth-order valence-electron chi connectivity index (χ4n) is 1.85. The van der Waals surface area contributed by atoms with Crippen LogP contribution in [0, 0.1) is 0 Å². The van der Waals surface area contributed by atoms with Crippen LogP contribution >= 0.6 is 23.1 Å². The first-order chi connectivity index (χ1) is 7.86. The van der Waals surface area contributed by atoms with Crippen LogP contribution in [0.4, 0.5) is 0 Å². The van der Waals surface area contributed by atoms with Gasteiger partial charge >= 0.3 is 0 Å². The smallest absolute Gasteiger partial charge is 0.0423 e. The molecule has 0 aliphatic heterocycles. The first-order valence-corrected chi connectivity index (χ1v) is 7.61. The van der Waals surface area contributed by atoms with Crippen molar-refractivity contribution < 1.29 is 0 Å². The Morgan fingerprint density at radius 2 is 2.25 bits per heavy atom. The van der Waals surface area contributed by atoms with E-state index in [0.717, 1.165) is 5.75 Å². The van der Waals surface area contributed by atoms with Crippen LogP contribution in [0.25, 0.3) is 10.1 Å². The SMILES string of the molecule is CCSCC(NC)c1cccc2ccsc12. The Kier molecular flexibility index (Phi) is 4.27. The molecule has 3 heteroatoms. The standard InChI is InChI=1S/C13H17NS2/c1-3-15-9-12(14-2)11-6-4-5-10-7-8-16-13(10)11/h4-8,12,14H,3,9H2,1-2H3. The minimum Gasteiger partial charge on any atom is -0.312 e. The summed E-state index contributed by atoms with van der Waals surface area (Å²) in [7, 11) is 2.05. The van der Waals surface area contributed by atoms with Crippen molar-refractivity contribution in [2.24, 2.45) is 0 Å². The predicted molar refractivity (Wildman–Crippen MR) is 76.6 cm³/mol. The molecule has 1 N–H and O–H groups in total. The van der Waals surface area contributed by atoms with Crippen LogP contribution in [-0.4, -0.2) is 18.6 Å². The third-order valence-electron chi connectivity index (χ3n) is 2.72. The fourth-order valence-corrected chi connectivity index (χ4v) is 3.64. The highest BCUT2D eigenvalue weighted by Crippen LogP contribution is 2.30. The molecule has 0 saturated carbocycles. The molecule has 1 nitrogen and oxygen atoms in total. The molecule has 2 aromatic rings. The summed E-state index contributed by atoms with van der Waals surface area (Å²) in [5, 5.41) is 6.96. The highest BCUT2D eigenvalue weighted by atomic mass is 32.2. The van der Waals surface area contributed by atoms with Gasteiger partial charge in [0, 0.05) is 16.5 Å². The maximum Gasteiger partial charge on any atom is 0.0423 e. The minimum absolute atomic E-state index is 0.465. The Hall–Kier alpha value is -0.510. The van der Waals surface area contributed by atoms with Gasteiger partial charge in [0.1, 0.15) is 0 Å². The number of thioether (sulfide) groups is 1. The molecule has 0 saturated heterocycles. The lowest BCUT2D eigenvalue weighted by Crippen LogP contribution is -2.18. The normalized spacial score (nSPS) is 13.1. The second kappa shape index (κ2) is 5.71. The number of nitrogens with one attached hydrogen (secondary N) is 1. The van der Waals surface area contributed by atoms with E-state index < -0.39 is 0 Å². The zero-order valence-corrected chi connectivity index (χ0v) is 11.3. The molecule has 1 unspecified atom stereocenters. The molecule has 16 heavy (non-hydrogen) atoms. The average molecular weight is 251 g/mol. The molecule has 0 spiro atoms. The summed E-state index contributed by atoms with van der Waals surface area (Å²) in [5.41, 5.74) is 1.44. The highest BCUT2D eigenvalue weighted by Gasteiger charge is 2.12. The Morgan fingerprint density at radius 1 is 1.38 bits per heavy atom. The maximum atomic E-state index is 3.42. The van der Waals surface area contributed by atoms with Crippen LogP contribution in [0.2, 0.25) is 0 Å². The van der Waals surface area contributed by atoms with Gasteiger partial charge in [-0.2, -0.15) is 11.8 Å². The summed E-state index contributed by atoms with van der Waals surface area (Å²) >= 11 is 3.83. The molecular formula is C13H17NS2. The molecule has 0 aliphatic rings. The molecule has 0 amide bonds. The van der Waals surface area contributed by atoms with Crippen molar-refractivity contribution in [3.05, 3.63) is 35.2 Å². The Bertz CT molecular complexity index is 450. The molecular weight excluding hydrogens is 234 g/mol. The number of fused-ring (bicyclic) bond motifs is 1. The van der Waals surface area contributed by atoms with Gasteiger partial charge in [-0.25, -0.2) is 0 Å². The molecule has 1 heterocycles. The summed E-state index contributed by atoms with van der Waals surface area (Å²) in [4.78, 5) is 0. The largest absolute Gasteiger partial charge is 0.312 e. The molecule has 0 fully saturated rings. The topological polar surface area (TPSA) is 12.0 Å². The predicted octanol–water partition coefficient (Wildman–Crippen LogP) is 3.91. The molecule has 1 aromatic carbocycles. The van der Waals surface area contributed by atoms with Crippen LogP contribution in [0.3, 0.4) is 0 Å². The number of rotatable bonds is 5. The van der Waals surface area contributed by atoms with Gasteiger partial charge in [-0.1, -0.05) is 25.1 Å². The van der Waals surface area contributed by atoms with Gasteiger partial charge in [0.15, 0.2) is 0 Å². The van der Waals surface area contributed by atoms with Gasteiger partial charge in [0.25, 0.3) is 0 Å². The first kappa shape index (κ1) is 12.0. The lowest BCUT2D eigenvalue weighted by molar-refractivity contribution is 0.667. The molecule has 0 aliphatic carbocycles. The monoisotopic (exact) mass is 251 g/mol. The van der Waals surface area contributed by atoms with Gasteiger partial charge < -0.3 is 5.32 Å². The quantitative estimate of drug-likeness (QED) is 0.864. The summed E-state index contributed by atoms with van der Waals surface area (Å²) in [6.45, 7) is 2.21. The van der Waals surface area contributed by atoms with Crippen molar-refractivity contribution in [1.82, 2.24) is 5.32 Å². The van der Waals surface area contributed by atoms with Crippen molar-refractivity contribution in [1.29, 1.82) is 0 Å². The first-order valence-electron chi connectivity index (χ1n) is 5.58. The summed E-state index contributed by atoms with van der Waals surface area (Å²) in [5.74, 6) is 2.32. The van der Waals surface area contributed by atoms with E-state index in [-0.39, 0.29) is 0 Å². The highest BCUT2D eigenvalue weighted by molar-refractivity contribution is 7.99.